The molecule has 1 aromatic rings. The zero-order chi connectivity index (χ0) is 18.8. The summed E-state index contributed by atoms with van der Waals surface area (Å²) in [6.45, 7) is 8.37. The van der Waals surface area contributed by atoms with Gasteiger partial charge >= 0.3 is 0 Å². The Balaban J connectivity index is 2.01. The molecular weight excluding hydrogens is 362 g/mol. The number of hydrogen-bond acceptors (Lipinski definition) is 5. The lowest BCUT2D eigenvalue weighted by Crippen LogP contribution is -2.57. The van der Waals surface area contributed by atoms with Gasteiger partial charge in [0.2, 0.25) is 10.0 Å². The Morgan fingerprint density at radius 2 is 1.56 bits per heavy atom. The number of nitrogens with zero attached hydrogens (tertiary/aromatic N) is 1. The van der Waals surface area contributed by atoms with Crippen molar-refractivity contribution in [3.05, 3.63) is 24.3 Å². The maximum atomic E-state index is 12.6. The summed E-state index contributed by atoms with van der Waals surface area (Å²) in [6.07, 6.45) is 0. The van der Waals surface area contributed by atoms with Crippen LogP contribution in [0.3, 0.4) is 0 Å². The average Bonchev–Trinajstić information content (AvgIpc) is 2.41. The summed E-state index contributed by atoms with van der Waals surface area (Å²) in [5.74, 6) is 1.13. The van der Waals surface area contributed by atoms with E-state index in [2.05, 4.69) is 0 Å². The molecule has 1 aliphatic rings. The van der Waals surface area contributed by atoms with Gasteiger partial charge in [0.05, 0.1) is 22.5 Å². The van der Waals surface area contributed by atoms with Crippen molar-refractivity contribution in [2.75, 3.05) is 25.4 Å². The van der Waals surface area contributed by atoms with Gasteiger partial charge in [-0.2, -0.15) is 4.31 Å². The maximum absolute atomic E-state index is 12.6. The van der Waals surface area contributed by atoms with Crippen LogP contribution in [0.4, 0.5) is 0 Å². The molecular formula is C17H27NO5S2. The summed E-state index contributed by atoms with van der Waals surface area (Å²) in [5.41, 5.74) is 0. The highest BCUT2D eigenvalue weighted by Gasteiger charge is 2.43. The Kier molecular flexibility index (Phi) is 6.17. The van der Waals surface area contributed by atoms with Crippen molar-refractivity contribution in [2.45, 2.75) is 37.8 Å². The van der Waals surface area contributed by atoms with E-state index in [1.54, 1.807) is 12.1 Å². The van der Waals surface area contributed by atoms with E-state index in [1.165, 1.54) is 16.4 Å². The van der Waals surface area contributed by atoms with Crippen LogP contribution >= 0.6 is 0 Å². The van der Waals surface area contributed by atoms with Crippen molar-refractivity contribution in [3.8, 4) is 5.75 Å². The van der Waals surface area contributed by atoms with E-state index in [4.69, 9.17) is 4.74 Å². The third-order valence-corrected chi connectivity index (χ3v) is 8.22. The summed E-state index contributed by atoms with van der Waals surface area (Å²) in [5, 5.41) is -0.599. The molecule has 1 aliphatic heterocycles. The largest absolute Gasteiger partial charge is 0.493 e. The summed E-state index contributed by atoms with van der Waals surface area (Å²) >= 11 is 0. The van der Waals surface area contributed by atoms with Gasteiger partial charge in [0.25, 0.3) is 0 Å². The van der Waals surface area contributed by atoms with Crippen molar-refractivity contribution in [1.82, 2.24) is 4.31 Å². The van der Waals surface area contributed by atoms with Crippen LogP contribution in [-0.4, -0.2) is 51.8 Å². The van der Waals surface area contributed by atoms with Gasteiger partial charge in [-0.1, -0.05) is 27.7 Å². The number of sulfonamides is 1. The zero-order valence-electron chi connectivity index (χ0n) is 15.2. The highest BCUT2D eigenvalue weighted by atomic mass is 32.2. The SMILES string of the molecule is CC(C)COc1ccc(S(=O)(=O)N2CC(S(=O)(=O)CC(C)C)C2)cc1. The smallest absolute Gasteiger partial charge is 0.243 e. The predicted molar refractivity (Wildman–Crippen MR) is 97.9 cm³/mol. The van der Waals surface area contributed by atoms with Crippen molar-refractivity contribution in [2.24, 2.45) is 11.8 Å². The monoisotopic (exact) mass is 389 g/mol. The van der Waals surface area contributed by atoms with Crippen molar-refractivity contribution in [3.63, 3.8) is 0 Å². The maximum Gasteiger partial charge on any atom is 0.243 e. The third-order valence-electron chi connectivity index (χ3n) is 3.93. The lowest BCUT2D eigenvalue weighted by molar-refractivity contribution is 0.271. The van der Waals surface area contributed by atoms with Crippen LogP contribution < -0.4 is 4.74 Å². The molecule has 1 saturated heterocycles. The first-order valence-electron chi connectivity index (χ1n) is 8.47. The van der Waals surface area contributed by atoms with Crippen molar-refractivity contribution in [1.29, 1.82) is 0 Å². The van der Waals surface area contributed by atoms with Gasteiger partial charge in [0.15, 0.2) is 9.84 Å². The van der Waals surface area contributed by atoms with E-state index in [0.717, 1.165) is 0 Å². The Morgan fingerprint density at radius 3 is 2.04 bits per heavy atom. The molecule has 1 heterocycles. The highest BCUT2D eigenvalue weighted by molar-refractivity contribution is 7.92. The first-order valence-corrected chi connectivity index (χ1v) is 11.6. The molecule has 1 fully saturated rings. The normalized spacial score (nSPS) is 17.0. The molecule has 0 saturated carbocycles. The minimum atomic E-state index is -3.66. The minimum absolute atomic E-state index is 0.0307. The van der Waals surface area contributed by atoms with Crippen LogP contribution in [0.25, 0.3) is 0 Å². The minimum Gasteiger partial charge on any atom is -0.493 e. The molecule has 6 nitrogen and oxygen atoms in total. The second-order valence-corrected chi connectivity index (χ2v) is 11.6. The van der Waals surface area contributed by atoms with Gasteiger partial charge < -0.3 is 4.74 Å². The summed E-state index contributed by atoms with van der Waals surface area (Å²) < 4.78 is 56.3. The molecule has 142 valence electrons. The van der Waals surface area contributed by atoms with Crippen LogP contribution in [0, 0.1) is 11.8 Å². The van der Waals surface area contributed by atoms with Crippen LogP contribution in [0.5, 0.6) is 5.75 Å². The van der Waals surface area contributed by atoms with E-state index in [1.807, 2.05) is 27.7 Å². The fourth-order valence-corrected chi connectivity index (χ4v) is 6.28. The number of hydrogen-bond donors (Lipinski definition) is 0. The standard InChI is InChI=1S/C17H27NO5S2/c1-13(2)11-23-15-5-7-16(8-6-15)25(21,22)18-9-17(10-18)24(19,20)12-14(3)4/h5-8,13-14,17H,9-12H2,1-4H3. The Labute approximate surface area is 151 Å². The van der Waals surface area contributed by atoms with Crippen molar-refractivity contribution >= 4 is 19.9 Å². The number of rotatable bonds is 8. The van der Waals surface area contributed by atoms with E-state index < -0.39 is 25.1 Å². The van der Waals surface area contributed by atoms with Crippen LogP contribution in [0.15, 0.2) is 29.2 Å². The molecule has 0 aliphatic carbocycles. The Bertz CT molecular complexity index is 777. The first-order chi connectivity index (χ1) is 11.5. The van der Waals surface area contributed by atoms with E-state index in [0.29, 0.717) is 18.3 Å². The lowest BCUT2D eigenvalue weighted by Gasteiger charge is -2.37. The van der Waals surface area contributed by atoms with E-state index in [-0.39, 0.29) is 29.7 Å². The zero-order valence-corrected chi connectivity index (χ0v) is 16.8. The van der Waals surface area contributed by atoms with Crippen LogP contribution in [0.1, 0.15) is 27.7 Å². The van der Waals surface area contributed by atoms with Crippen LogP contribution in [-0.2, 0) is 19.9 Å². The lowest BCUT2D eigenvalue weighted by atomic mass is 10.2. The van der Waals surface area contributed by atoms with Gasteiger partial charge in [-0.25, -0.2) is 16.8 Å². The summed E-state index contributed by atoms with van der Waals surface area (Å²) in [4.78, 5) is 0.157. The van der Waals surface area contributed by atoms with Gasteiger partial charge in [-0.3, -0.25) is 0 Å². The summed E-state index contributed by atoms with van der Waals surface area (Å²) in [6, 6.07) is 6.26. The van der Waals surface area contributed by atoms with Crippen LogP contribution in [0.2, 0.25) is 0 Å². The molecule has 0 unspecified atom stereocenters. The molecule has 0 N–H and O–H groups in total. The second-order valence-electron chi connectivity index (χ2n) is 7.34. The molecule has 25 heavy (non-hydrogen) atoms. The molecule has 0 amide bonds. The number of benzene rings is 1. The average molecular weight is 390 g/mol. The molecule has 2 rings (SSSR count). The molecule has 1 aromatic carbocycles. The summed E-state index contributed by atoms with van der Waals surface area (Å²) in [7, 11) is -6.91. The van der Waals surface area contributed by atoms with Crippen molar-refractivity contribution < 1.29 is 21.6 Å². The molecule has 0 spiro atoms. The fraction of sp³-hybridized carbons (Fsp3) is 0.647. The predicted octanol–water partition coefficient (Wildman–Crippen LogP) is 2.17. The molecule has 0 bridgehead atoms. The quantitative estimate of drug-likeness (QED) is 0.681. The molecule has 0 atom stereocenters. The Hall–Kier alpha value is -1.12. The fourth-order valence-electron chi connectivity index (χ4n) is 2.54. The molecule has 0 radical (unpaired) electrons. The molecule has 0 aromatic heterocycles. The highest BCUT2D eigenvalue weighted by Crippen LogP contribution is 2.27. The first kappa shape index (κ1) is 20.2. The van der Waals surface area contributed by atoms with Gasteiger partial charge in [0.1, 0.15) is 5.75 Å². The van der Waals surface area contributed by atoms with E-state index >= 15 is 0 Å². The number of sulfone groups is 1. The van der Waals surface area contributed by atoms with E-state index in [9.17, 15) is 16.8 Å². The van der Waals surface area contributed by atoms with Gasteiger partial charge in [0, 0.05) is 13.1 Å². The van der Waals surface area contributed by atoms with Gasteiger partial charge in [-0.15, -0.1) is 0 Å². The topological polar surface area (TPSA) is 80.8 Å². The second kappa shape index (κ2) is 7.63. The third kappa shape index (κ3) is 4.95. The molecule has 8 heteroatoms. The number of ether oxygens (including phenoxy) is 1. The van der Waals surface area contributed by atoms with Gasteiger partial charge in [-0.05, 0) is 36.1 Å². The Morgan fingerprint density at radius 1 is 1.00 bits per heavy atom.